The zero-order chi connectivity index (χ0) is 17.9. The van der Waals surface area contributed by atoms with E-state index in [0.29, 0.717) is 6.54 Å². The number of hydrazone groups is 1. The molecule has 0 aliphatic carbocycles. The summed E-state index contributed by atoms with van der Waals surface area (Å²) in [6.07, 6.45) is 3.30. The number of fused-ring (bicyclic) bond motifs is 1. The molecular weight excluding hydrogens is 334 g/mol. The van der Waals surface area contributed by atoms with E-state index in [1.165, 1.54) is 6.21 Å². The second-order valence-electron chi connectivity index (χ2n) is 5.69. The molecule has 0 saturated carbocycles. The maximum atomic E-state index is 12.3. The Labute approximate surface area is 147 Å². The quantitative estimate of drug-likeness (QED) is 0.419. The third-order valence-corrected chi connectivity index (χ3v) is 5.09. The lowest BCUT2D eigenvalue weighted by atomic mass is 10.2. The number of aryl methyl sites for hydroxylation is 1. The van der Waals surface area contributed by atoms with Crippen molar-refractivity contribution in [3.63, 3.8) is 0 Å². The molecule has 0 unspecified atom stereocenters. The van der Waals surface area contributed by atoms with Gasteiger partial charge in [0.1, 0.15) is 0 Å². The molecule has 0 radical (unpaired) electrons. The largest absolute Gasteiger partial charge is 0.336 e. The fourth-order valence-electron chi connectivity index (χ4n) is 2.60. The van der Waals surface area contributed by atoms with Crippen molar-refractivity contribution in [3.05, 3.63) is 78.5 Å². The number of rotatable bonds is 6. The molecule has 128 valence electrons. The highest BCUT2D eigenvalue weighted by Gasteiger charge is 2.12. The number of nitrogens with zero attached hydrogens (tertiary/aromatic N) is 2. The highest BCUT2D eigenvalue weighted by atomic mass is 32.2. The summed E-state index contributed by atoms with van der Waals surface area (Å²) in [4.78, 5) is 2.44. The SMILES string of the molecule is C=CCn1c(/C=N/NS(=O)(=O)c2ccc(C)cc2)cc2ccccc21. The molecule has 6 heteroatoms. The van der Waals surface area contributed by atoms with Crippen molar-refractivity contribution < 1.29 is 8.42 Å². The van der Waals surface area contributed by atoms with Gasteiger partial charge in [-0.25, -0.2) is 4.83 Å². The van der Waals surface area contributed by atoms with Crippen LogP contribution in [-0.2, 0) is 16.6 Å². The highest BCUT2D eigenvalue weighted by molar-refractivity contribution is 7.89. The van der Waals surface area contributed by atoms with Gasteiger partial charge < -0.3 is 4.57 Å². The number of nitrogens with one attached hydrogen (secondary N) is 1. The van der Waals surface area contributed by atoms with E-state index < -0.39 is 10.0 Å². The molecule has 5 nitrogen and oxygen atoms in total. The van der Waals surface area contributed by atoms with Gasteiger partial charge in [-0.1, -0.05) is 42.0 Å². The van der Waals surface area contributed by atoms with Crippen LogP contribution >= 0.6 is 0 Å². The van der Waals surface area contributed by atoms with Crippen LogP contribution in [0, 0.1) is 6.92 Å². The first-order valence-electron chi connectivity index (χ1n) is 7.82. The normalized spacial score (nSPS) is 11.9. The summed E-state index contributed by atoms with van der Waals surface area (Å²) in [5.41, 5.74) is 2.84. The molecule has 0 saturated heterocycles. The summed E-state index contributed by atoms with van der Waals surface area (Å²) < 4.78 is 26.6. The predicted octanol–water partition coefficient (Wildman–Crippen LogP) is 3.45. The van der Waals surface area contributed by atoms with Gasteiger partial charge in [0, 0.05) is 17.4 Å². The Morgan fingerprint density at radius 3 is 2.60 bits per heavy atom. The first-order chi connectivity index (χ1) is 12.0. The molecule has 2 aromatic carbocycles. The summed E-state index contributed by atoms with van der Waals surface area (Å²) in [5, 5.41) is 4.99. The van der Waals surface area contributed by atoms with Crippen LogP contribution in [0.5, 0.6) is 0 Å². The van der Waals surface area contributed by atoms with Crippen LogP contribution in [0.4, 0.5) is 0 Å². The van der Waals surface area contributed by atoms with Crippen LogP contribution in [0.3, 0.4) is 0 Å². The smallest absolute Gasteiger partial charge is 0.276 e. The molecule has 1 N–H and O–H groups in total. The van der Waals surface area contributed by atoms with E-state index in [4.69, 9.17) is 0 Å². The molecule has 0 spiro atoms. The van der Waals surface area contributed by atoms with E-state index in [2.05, 4.69) is 16.5 Å². The number of benzene rings is 2. The summed E-state index contributed by atoms with van der Waals surface area (Å²) in [5.74, 6) is 0. The zero-order valence-electron chi connectivity index (χ0n) is 13.9. The van der Waals surface area contributed by atoms with Crippen LogP contribution in [-0.4, -0.2) is 19.2 Å². The maximum absolute atomic E-state index is 12.3. The van der Waals surface area contributed by atoms with E-state index in [1.807, 2.05) is 41.8 Å². The van der Waals surface area contributed by atoms with Gasteiger partial charge in [0.05, 0.1) is 16.8 Å². The van der Waals surface area contributed by atoms with Crippen molar-refractivity contribution in [1.82, 2.24) is 9.40 Å². The Kier molecular flexibility index (Phi) is 4.72. The van der Waals surface area contributed by atoms with Crippen molar-refractivity contribution in [1.29, 1.82) is 0 Å². The van der Waals surface area contributed by atoms with Crippen LogP contribution in [0.15, 0.2) is 77.2 Å². The van der Waals surface area contributed by atoms with E-state index in [9.17, 15) is 8.42 Å². The molecule has 0 aliphatic heterocycles. The van der Waals surface area contributed by atoms with Crippen molar-refractivity contribution in [2.75, 3.05) is 0 Å². The Bertz CT molecular complexity index is 1030. The highest BCUT2D eigenvalue weighted by Crippen LogP contribution is 2.19. The molecule has 0 bridgehead atoms. The van der Waals surface area contributed by atoms with Crippen LogP contribution in [0.1, 0.15) is 11.3 Å². The molecule has 0 fully saturated rings. The molecule has 0 amide bonds. The molecule has 0 aliphatic rings. The minimum atomic E-state index is -3.68. The fraction of sp³-hybridized carbons (Fsp3) is 0.105. The average molecular weight is 353 g/mol. The average Bonchev–Trinajstić information content (AvgIpc) is 2.93. The van der Waals surface area contributed by atoms with Gasteiger partial charge in [0.2, 0.25) is 0 Å². The predicted molar refractivity (Wildman–Crippen MR) is 101 cm³/mol. The van der Waals surface area contributed by atoms with Gasteiger partial charge in [0.25, 0.3) is 10.0 Å². The maximum Gasteiger partial charge on any atom is 0.276 e. The molecule has 3 aromatic rings. The number of sulfonamides is 1. The standard InChI is InChI=1S/C19H19N3O2S/c1-3-12-22-17(13-16-6-4-5-7-19(16)22)14-20-21-25(23,24)18-10-8-15(2)9-11-18/h3-11,13-14,21H,1,12H2,2H3/b20-14+. The van der Waals surface area contributed by atoms with E-state index in [0.717, 1.165) is 22.2 Å². The first-order valence-corrected chi connectivity index (χ1v) is 9.30. The zero-order valence-corrected chi connectivity index (χ0v) is 14.7. The lowest BCUT2D eigenvalue weighted by Crippen LogP contribution is -2.18. The topological polar surface area (TPSA) is 63.5 Å². The Morgan fingerprint density at radius 2 is 1.88 bits per heavy atom. The van der Waals surface area contributed by atoms with E-state index in [1.54, 1.807) is 30.3 Å². The van der Waals surface area contributed by atoms with Crippen LogP contribution in [0.2, 0.25) is 0 Å². The molecular formula is C19H19N3O2S. The first kappa shape index (κ1) is 17.0. The van der Waals surface area contributed by atoms with Crippen molar-refractivity contribution in [3.8, 4) is 0 Å². The lowest BCUT2D eigenvalue weighted by Gasteiger charge is -2.05. The second kappa shape index (κ2) is 6.94. The minimum absolute atomic E-state index is 0.182. The van der Waals surface area contributed by atoms with E-state index >= 15 is 0 Å². The summed E-state index contributed by atoms with van der Waals surface area (Å²) >= 11 is 0. The number of hydrogen-bond donors (Lipinski definition) is 1. The molecule has 3 rings (SSSR count). The third kappa shape index (κ3) is 3.64. The van der Waals surface area contributed by atoms with Crippen molar-refractivity contribution >= 4 is 27.1 Å². The van der Waals surface area contributed by atoms with Gasteiger partial charge in [-0.3, -0.25) is 0 Å². The van der Waals surface area contributed by atoms with Crippen LogP contribution < -0.4 is 4.83 Å². The van der Waals surface area contributed by atoms with Gasteiger partial charge in [0.15, 0.2) is 0 Å². The molecule has 25 heavy (non-hydrogen) atoms. The number of para-hydroxylation sites is 1. The van der Waals surface area contributed by atoms with Crippen molar-refractivity contribution in [2.24, 2.45) is 5.10 Å². The second-order valence-corrected chi connectivity index (χ2v) is 7.35. The van der Waals surface area contributed by atoms with Gasteiger partial charge in [-0.05, 0) is 31.2 Å². The monoisotopic (exact) mass is 353 g/mol. The Hall–Kier alpha value is -2.86. The number of allylic oxidation sites excluding steroid dienone is 1. The Balaban J connectivity index is 1.87. The molecule has 1 aromatic heterocycles. The van der Waals surface area contributed by atoms with E-state index in [-0.39, 0.29) is 4.90 Å². The summed E-state index contributed by atoms with van der Waals surface area (Å²) in [6, 6.07) is 16.5. The van der Waals surface area contributed by atoms with Gasteiger partial charge in [-0.2, -0.15) is 13.5 Å². The summed E-state index contributed by atoms with van der Waals surface area (Å²) in [6.45, 7) is 6.29. The number of aromatic nitrogens is 1. The molecule has 1 heterocycles. The van der Waals surface area contributed by atoms with Gasteiger partial charge in [-0.15, -0.1) is 6.58 Å². The third-order valence-electron chi connectivity index (χ3n) is 3.86. The van der Waals surface area contributed by atoms with Crippen LogP contribution in [0.25, 0.3) is 10.9 Å². The fourth-order valence-corrected chi connectivity index (χ4v) is 3.39. The lowest BCUT2D eigenvalue weighted by molar-refractivity contribution is 0.584. The number of hydrogen-bond acceptors (Lipinski definition) is 3. The van der Waals surface area contributed by atoms with Crippen molar-refractivity contribution in [2.45, 2.75) is 18.4 Å². The minimum Gasteiger partial charge on any atom is -0.336 e. The summed E-state index contributed by atoms with van der Waals surface area (Å²) in [7, 11) is -3.68. The van der Waals surface area contributed by atoms with Gasteiger partial charge >= 0.3 is 0 Å². The Morgan fingerprint density at radius 1 is 1.16 bits per heavy atom. The molecule has 0 atom stereocenters.